The van der Waals surface area contributed by atoms with E-state index in [1.807, 2.05) is 60.7 Å². The second kappa shape index (κ2) is 10.8. The van der Waals surface area contributed by atoms with Gasteiger partial charge in [-0.2, -0.15) is 0 Å². The summed E-state index contributed by atoms with van der Waals surface area (Å²) in [6.45, 7) is 1.82. The molecule has 2 aromatic carbocycles. The van der Waals surface area contributed by atoms with Crippen LogP contribution in [0.3, 0.4) is 0 Å². The van der Waals surface area contributed by atoms with Crippen molar-refractivity contribution in [1.82, 2.24) is 10.0 Å². The number of nitrogens with one attached hydrogen (secondary N) is 2. The lowest BCUT2D eigenvalue weighted by Gasteiger charge is -2.30. The Balaban J connectivity index is 1.75. The standard InChI is InChI=1S/C22H30N2O4S/c1-29(25,26)24-22(19-12-6-3-7-13-19)21(18-10-4-2-5-11-18)23-15-17-28-20-14-8-9-16-27-20/h2-7,10-13,20-24H,8-9,14-17H2,1H3/t20?,21-,22-/m0/s1. The van der Waals surface area contributed by atoms with Crippen molar-refractivity contribution in [2.75, 3.05) is 26.0 Å². The average Bonchev–Trinajstić information content (AvgIpc) is 2.74. The molecule has 0 spiro atoms. The molecule has 1 heterocycles. The fraction of sp³-hybridized carbons (Fsp3) is 0.455. The summed E-state index contributed by atoms with van der Waals surface area (Å²) in [4.78, 5) is 0. The zero-order valence-electron chi connectivity index (χ0n) is 16.8. The van der Waals surface area contributed by atoms with Gasteiger partial charge in [0.15, 0.2) is 6.29 Å². The smallest absolute Gasteiger partial charge is 0.209 e. The van der Waals surface area contributed by atoms with E-state index in [0.717, 1.165) is 37.0 Å². The highest BCUT2D eigenvalue weighted by atomic mass is 32.2. The summed E-state index contributed by atoms with van der Waals surface area (Å²) in [7, 11) is -3.41. The van der Waals surface area contributed by atoms with E-state index in [-0.39, 0.29) is 12.3 Å². The molecule has 158 valence electrons. The maximum Gasteiger partial charge on any atom is 0.209 e. The Hall–Kier alpha value is -1.77. The summed E-state index contributed by atoms with van der Waals surface area (Å²) >= 11 is 0. The Bertz CT molecular complexity index is 824. The topological polar surface area (TPSA) is 76.7 Å². The van der Waals surface area contributed by atoms with E-state index in [4.69, 9.17) is 9.47 Å². The number of hydrogen-bond donors (Lipinski definition) is 2. The van der Waals surface area contributed by atoms with Gasteiger partial charge in [-0.25, -0.2) is 13.1 Å². The summed E-state index contributed by atoms with van der Waals surface area (Å²) in [5.74, 6) is 0. The van der Waals surface area contributed by atoms with E-state index in [9.17, 15) is 8.42 Å². The lowest BCUT2D eigenvalue weighted by molar-refractivity contribution is -0.161. The van der Waals surface area contributed by atoms with Gasteiger partial charge in [-0.3, -0.25) is 0 Å². The van der Waals surface area contributed by atoms with E-state index < -0.39 is 16.1 Å². The molecule has 1 aliphatic heterocycles. The fourth-order valence-corrected chi connectivity index (χ4v) is 4.29. The van der Waals surface area contributed by atoms with Crippen molar-refractivity contribution in [1.29, 1.82) is 0 Å². The number of benzene rings is 2. The molecule has 2 aromatic rings. The molecule has 0 bridgehead atoms. The third-order valence-corrected chi connectivity index (χ3v) is 5.58. The van der Waals surface area contributed by atoms with Crippen molar-refractivity contribution in [3.05, 3.63) is 71.8 Å². The molecule has 0 saturated carbocycles. The van der Waals surface area contributed by atoms with Gasteiger partial charge in [-0.1, -0.05) is 60.7 Å². The van der Waals surface area contributed by atoms with Gasteiger partial charge < -0.3 is 14.8 Å². The maximum absolute atomic E-state index is 12.1. The van der Waals surface area contributed by atoms with Crippen LogP contribution in [0.1, 0.15) is 42.5 Å². The van der Waals surface area contributed by atoms with Crippen molar-refractivity contribution in [3.63, 3.8) is 0 Å². The molecule has 3 rings (SSSR count). The Kier molecular flexibility index (Phi) is 8.20. The van der Waals surface area contributed by atoms with Crippen molar-refractivity contribution >= 4 is 10.0 Å². The minimum atomic E-state index is -3.41. The second-order valence-electron chi connectivity index (χ2n) is 7.29. The quantitative estimate of drug-likeness (QED) is 0.580. The first kappa shape index (κ1) is 21.9. The summed E-state index contributed by atoms with van der Waals surface area (Å²) in [6.07, 6.45) is 4.18. The molecule has 0 amide bonds. The van der Waals surface area contributed by atoms with Gasteiger partial charge in [0.25, 0.3) is 0 Å². The number of sulfonamides is 1. The van der Waals surface area contributed by atoms with Crippen LogP contribution in [0.2, 0.25) is 0 Å². The average molecular weight is 419 g/mol. The first-order valence-corrected chi connectivity index (χ1v) is 12.0. The van der Waals surface area contributed by atoms with Crippen molar-refractivity contribution < 1.29 is 17.9 Å². The minimum Gasteiger partial charge on any atom is -0.353 e. The molecule has 1 unspecified atom stereocenters. The summed E-state index contributed by atoms with van der Waals surface area (Å²) in [5, 5.41) is 3.49. The van der Waals surface area contributed by atoms with Crippen molar-refractivity contribution in [2.45, 2.75) is 37.6 Å². The molecule has 0 aromatic heterocycles. The maximum atomic E-state index is 12.1. The zero-order chi connectivity index (χ0) is 20.5. The predicted octanol–water partition coefficient (Wildman–Crippen LogP) is 3.15. The Labute approximate surface area is 173 Å². The lowest BCUT2D eigenvalue weighted by atomic mass is 9.94. The largest absolute Gasteiger partial charge is 0.353 e. The third kappa shape index (κ3) is 7.21. The SMILES string of the molecule is CS(=O)(=O)N[C@@H](c1ccccc1)[C@@H](NCCOC1CCCCO1)c1ccccc1. The minimum absolute atomic E-state index is 0.139. The highest BCUT2D eigenvalue weighted by Gasteiger charge is 2.27. The molecular weight excluding hydrogens is 388 g/mol. The Morgan fingerprint density at radius 1 is 1.00 bits per heavy atom. The van der Waals surface area contributed by atoms with Gasteiger partial charge in [0.1, 0.15) is 0 Å². The van der Waals surface area contributed by atoms with Crippen molar-refractivity contribution in [3.8, 4) is 0 Å². The van der Waals surface area contributed by atoms with Crippen LogP contribution >= 0.6 is 0 Å². The zero-order valence-corrected chi connectivity index (χ0v) is 17.6. The highest BCUT2D eigenvalue weighted by Crippen LogP contribution is 2.29. The highest BCUT2D eigenvalue weighted by molar-refractivity contribution is 7.88. The molecule has 3 atom stereocenters. The van der Waals surface area contributed by atoms with E-state index in [2.05, 4.69) is 10.0 Å². The molecule has 2 N–H and O–H groups in total. The molecular formula is C22H30N2O4S. The molecule has 29 heavy (non-hydrogen) atoms. The predicted molar refractivity (Wildman–Crippen MR) is 114 cm³/mol. The number of hydrogen-bond acceptors (Lipinski definition) is 5. The Morgan fingerprint density at radius 3 is 2.17 bits per heavy atom. The van der Waals surface area contributed by atoms with E-state index in [1.165, 1.54) is 6.26 Å². The van der Waals surface area contributed by atoms with Crippen LogP contribution in [0.15, 0.2) is 60.7 Å². The van der Waals surface area contributed by atoms with Crippen molar-refractivity contribution in [2.24, 2.45) is 0 Å². The first-order chi connectivity index (χ1) is 14.0. The van der Waals surface area contributed by atoms with Crippen LogP contribution in [-0.2, 0) is 19.5 Å². The van der Waals surface area contributed by atoms with Gasteiger partial charge in [0.2, 0.25) is 10.0 Å². The van der Waals surface area contributed by atoms with Crippen LogP contribution < -0.4 is 10.0 Å². The summed E-state index contributed by atoms with van der Waals surface area (Å²) < 4.78 is 38.5. The third-order valence-electron chi connectivity index (χ3n) is 4.90. The normalized spacial score (nSPS) is 19.6. The molecule has 0 aliphatic carbocycles. The molecule has 0 radical (unpaired) electrons. The summed E-state index contributed by atoms with van der Waals surface area (Å²) in [6, 6.07) is 18.8. The molecule has 6 nitrogen and oxygen atoms in total. The fourth-order valence-electron chi connectivity index (χ4n) is 3.56. The van der Waals surface area contributed by atoms with E-state index >= 15 is 0 Å². The number of ether oxygens (including phenoxy) is 2. The van der Waals surface area contributed by atoms with Gasteiger partial charge >= 0.3 is 0 Å². The van der Waals surface area contributed by atoms with Crippen LogP contribution in [0.5, 0.6) is 0 Å². The molecule has 7 heteroatoms. The first-order valence-electron chi connectivity index (χ1n) is 10.1. The van der Waals surface area contributed by atoms with Gasteiger partial charge in [0.05, 0.1) is 24.9 Å². The molecule has 1 fully saturated rings. The van der Waals surface area contributed by atoms with Gasteiger partial charge in [-0.15, -0.1) is 0 Å². The van der Waals surface area contributed by atoms with Gasteiger partial charge in [0, 0.05) is 13.2 Å². The monoisotopic (exact) mass is 418 g/mol. The second-order valence-corrected chi connectivity index (χ2v) is 9.07. The van der Waals surface area contributed by atoms with Crippen LogP contribution in [0.25, 0.3) is 0 Å². The summed E-state index contributed by atoms with van der Waals surface area (Å²) in [5.41, 5.74) is 1.90. The van der Waals surface area contributed by atoms with Gasteiger partial charge in [-0.05, 0) is 30.4 Å². The van der Waals surface area contributed by atoms with Crippen LogP contribution in [-0.4, -0.2) is 40.7 Å². The lowest BCUT2D eigenvalue weighted by Crippen LogP contribution is -2.39. The molecule has 1 saturated heterocycles. The van der Waals surface area contributed by atoms with E-state index in [1.54, 1.807) is 0 Å². The van der Waals surface area contributed by atoms with Crippen LogP contribution in [0, 0.1) is 0 Å². The van der Waals surface area contributed by atoms with E-state index in [0.29, 0.717) is 13.2 Å². The number of rotatable bonds is 10. The van der Waals surface area contributed by atoms with Crippen LogP contribution in [0.4, 0.5) is 0 Å². The molecule has 1 aliphatic rings. The Morgan fingerprint density at radius 2 is 1.62 bits per heavy atom.